The van der Waals surface area contributed by atoms with Crippen LogP contribution in [0, 0.1) is 21.4 Å². The van der Waals surface area contributed by atoms with Gasteiger partial charge in [-0.1, -0.05) is 0 Å². The highest BCUT2D eigenvalue weighted by Crippen LogP contribution is 2.41. The molecule has 0 atom stereocenters. The highest BCUT2D eigenvalue weighted by atomic mass is 16.6. The number of anilines is 1. The summed E-state index contributed by atoms with van der Waals surface area (Å²) < 4.78 is 10.9. The Hall–Kier alpha value is -2.49. The number of nitro benzene ring substituents is 1. The van der Waals surface area contributed by atoms with Gasteiger partial charge in [-0.3, -0.25) is 10.1 Å². The Morgan fingerprint density at radius 1 is 1.38 bits per heavy atom. The fourth-order valence-electron chi connectivity index (χ4n) is 2.27. The Bertz CT molecular complexity index is 580. The topological polar surface area (TPSA) is 88.6 Å². The van der Waals surface area contributed by atoms with Crippen LogP contribution in [0.2, 0.25) is 0 Å². The predicted molar refractivity (Wildman–Crippen MR) is 76.8 cm³/mol. The Morgan fingerprint density at radius 2 is 2.00 bits per heavy atom. The molecule has 0 amide bonds. The molecular weight excluding hydrogens is 274 g/mol. The summed E-state index contributed by atoms with van der Waals surface area (Å²) in [4.78, 5) is 12.7. The van der Waals surface area contributed by atoms with Crippen molar-refractivity contribution < 1.29 is 14.4 Å². The minimum atomic E-state index is -0.435. The van der Waals surface area contributed by atoms with Crippen molar-refractivity contribution >= 4 is 11.4 Å². The van der Waals surface area contributed by atoms with Gasteiger partial charge in [0, 0.05) is 18.7 Å². The molecule has 21 heavy (non-hydrogen) atoms. The Labute approximate surface area is 122 Å². The van der Waals surface area contributed by atoms with Crippen molar-refractivity contribution in [3.8, 4) is 17.6 Å². The summed E-state index contributed by atoms with van der Waals surface area (Å²) in [6.45, 7) is 5.08. The molecule has 2 rings (SSSR count). The number of nitro groups is 1. The van der Waals surface area contributed by atoms with Crippen LogP contribution in [0.5, 0.6) is 11.5 Å². The molecule has 7 nitrogen and oxygen atoms in total. The van der Waals surface area contributed by atoms with Crippen LogP contribution in [-0.2, 0) is 0 Å². The maximum atomic E-state index is 11.3. The Balaban J connectivity index is 2.48. The second kappa shape index (κ2) is 6.31. The number of ether oxygens (including phenoxy) is 2. The molecule has 0 saturated heterocycles. The maximum absolute atomic E-state index is 11.3. The predicted octanol–water partition coefficient (Wildman–Crippen LogP) is 2.49. The van der Waals surface area contributed by atoms with E-state index >= 15 is 0 Å². The van der Waals surface area contributed by atoms with Gasteiger partial charge in [0.15, 0.2) is 11.5 Å². The lowest BCUT2D eigenvalue weighted by Crippen LogP contribution is -2.32. The highest BCUT2D eigenvalue weighted by Gasteiger charge is 2.26. The van der Waals surface area contributed by atoms with Crippen molar-refractivity contribution in [1.29, 1.82) is 5.26 Å². The molecule has 112 valence electrons. The van der Waals surface area contributed by atoms with Gasteiger partial charge in [0.2, 0.25) is 0 Å². The van der Waals surface area contributed by atoms with Crippen LogP contribution < -0.4 is 14.4 Å². The molecule has 0 fully saturated rings. The molecule has 1 aliphatic heterocycles. The number of nitrogens with zero attached hydrogens (tertiary/aromatic N) is 3. The molecule has 1 aromatic carbocycles. The zero-order valence-electron chi connectivity index (χ0n) is 12.0. The van der Waals surface area contributed by atoms with Gasteiger partial charge in [-0.2, -0.15) is 5.26 Å². The lowest BCUT2D eigenvalue weighted by molar-refractivity contribution is -0.384. The molecule has 0 aromatic heterocycles. The van der Waals surface area contributed by atoms with E-state index in [0.717, 1.165) is 0 Å². The lowest BCUT2D eigenvalue weighted by atomic mass is 10.1. The van der Waals surface area contributed by atoms with E-state index in [2.05, 4.69) is 6.07 Å². The molecule has 0 spiro atoms. The highest BCUT2D eigenvalue weighted by molar-refractivity contribution is 5.70. The van der Waals surface area contributed by atoms with Crippen molar-refractivity contribution in [3.05, 3.63) is 22.2 Å². The van der Waals surface area contributed by atoms with Gasteiger partial charge in [-0.15, -0.1) is 0 Å². The van der Waals surface area contributed by atoms with Gasteiger partial charge in [0.05, 0.1) is 23.5 Å². The number of hydrogen-bond acceptors (Lipinski definition) is 6. The minimum Gasteiger partial charge on any atom is -0.486 e. The quantitative estimate of drug-likeness (QED) is 0.611. The summed E-state index contributed by atoms with van der Waals surface area (Å²) in [6.07, 6.45) is 0.295. The third-order valence-corrected chi connectivity index (χ3v) is 3.23. The second-order valence-electron chi connectivity index (χ2n) is 4.94. The molecule has 0 bridgehead atoms. The molecular formula is C14H17N3O4. The van der Waals surface area contributed by atoms with Gasteiger partial charge in [-0.25, -0.2) is 0 Å². The smallest absolute Gasteiger partial charge is 0.296 e. The van der Waals surface area contributed by atoms with Crippen molar-refractivity contribution in [1.82, 2.24) is 0 Å². The maximum Gasteiger partial charge on any atom is 0.296 e. The second-order valence-corrected chi connectivity index (χ2v) is 4.94. The third kappa shape index (κ3) is 3.16. The average Bonchev–Trinajstić information content (AvgIpc) is 2.46. The number of nitriles is 1. The molecule has 0 radical (unpaired) electrons. The zero-order valence-corrected chi connectivity index (χ0v) is 12.0. The van der Waals surface area contributed by atoms with Crippen LogP contribution in [0.15, 0.2) is 12.1 Å². The third-order valence-electron chi connectivity index (χ3n) is 3.23. The molecule has 1 heterocycles. The van der Waals surface area contributed by atoms with E-state index in [1.54, 1.807) is 6.07 Å². The zero-order chi connectivity index (χ0) is 15.4. The Morgan fingerprint density at radius 3 is 2.52 bits per heavy atom. The minimum absolute atomic E-state index is 0.0274. The average molecular weight is 291 g/mol. The lowest BCUT2D eigenvalue weighted by Gasteiger charge is -2.29. The van der Waals surface area contributed by atoms with E-state index < -0.39 is 4.92 Å². The normalized spacial score (nSPS) is 12.9. The molecule has 0 unspecified atom stereocenters. The summed E-state index contributed by atoms with van der Waals surface area (Å²) >= 11 is 0. The molecule has 0 N–H and O–H groups in total. The fourth-order valence-corrected chi connectivity index (χ4v) is 2.27. The molecule has 0 saturated carbocycles. The van der Waals surface area contributed by atoms with E-state index in [9.17, 15) is 10.1 Å². The summed E-state index contributed by atoms with van der Waals surface area (Å²) in [5.41, 5.74) is 0.417. The molecule has 1 aromatic rings. The summed E-state index contributed by atoms with van der Waals surface area (Å²) in [6, 6.07) is 5.12. The van der Waals surface area contributed by atoms with Crippen LogP contribution in [0.4, 0.5) is 11.4 Å². The van der Waals surface area contributed by atoms with Crippen LogP contribution in [0.3, 0.4) is 0 Å². The van der Waals surface area contributed by atoms with E-state index in [1.807, 2.05) is 18.7 Å². The molecule has 0 aliphatic carbocycles. The standard InChI is InChI=1S/C14H17N3O4/c1-10(2)16(5-3-4-15)11-8-13-14(21-7-6-20-13)9-12(11)17(18)19/h8-10H,3,5-7H2,1-2H3. The van der Waals surface area contributed by atoms with Gasteiger partial charge in [-0.05, 0) is 13.8 Å². The first-order chi connectivity index (χ1) is 10.0. The molecule has 7 heteroatoms. The van der Waals surface area contributed by atoms with E-state index in [1.165, 1.54) is 6.07 Å². The van der Waals surface area contributed by atoms with Crippen LogP contribution >= 0.6 is 0 Å². The van der Waals surface area contributed by atoms with Crippen molar-refractivity contribution in [2.45, 2.75) is 26.3 Å². The van der Waals surface area contributed by atoms with Crippen molar-refractivity contribution in [2.75, 3.05) is 24.7 Å². The van der Waals surface area contributed by atoms with Gasteiger partial charge in [0.1, 0.15) is 18.9 Å². The van der Waals surface area contributed by atoms with Crippen LogP contribution in [0.1, 0.15) is 20.3 Å². The van der Waals surface area contributed by atoms with E-state index in [0.29, 0.717) is 43.4 Å². The first-order valence-electron chi connectivity index (χ1n) is 6.76. The first kappa shape index (κ1) is 14.9. The van der Waals surface area contributed by atoms with E-state index in [4.69, 9.17) is 14.7 Å². The van der Waals surface area contributed by atoms with Gasteiger partial charge >= 0.3 is 0 Å². The van der Waals surface area contributed by atoms with Crippen molar-refractivity contribution in [2.24, 2.45) is 0 Å². The van der Waals surface area contributed by atoms with E-state index in [-0.39, 0.29) is 11.7 Å². The number of fused-ring (bicyclic) bond motifs is 1. The number of hydrogen-bond donors (Lipinski definition) is 0. The fraction of sp³-hybridized carbons (Fsp3) is 0.500. The number of benzene rings is 1. The van der Waals surface area contributed by atoms with Crippen LogP contribution in [0.25, 0.3) is 0 Å². The van der Waals surface area contributed by atoms with Gasteiger partial charge in [0.25, 0.3) is 5.69 Å². The first-order valence-corrected chi connectivity index (χ1v) is 6.76. The monoisotopic (exact) mass is 291 g/mol. The molecule has 1 aliphatic rings. The largest absolute Gasteiger partial charge is 0.486 e. The summed E-state index contributed by atoms with van der Waals surface area (Å²) in [5, 5.41) is 20.1. The Kier molecular flexibility index (Phi) is 4.48. The summed E-state index contributed by atoms with van der Waals surface area (Å²) in [7, 11) is 0. The number of rotatable bonds is 5. The SMILES string of the molecule is CC(C)N(CCC#N)c1cc2c(cc1[N+](=O)[O-])OCCO2. The van der Waals surface area contributed by atoms with Crippen molar-refractivity contribution in [3.63, 3.8) is 0 Å². The van der Waals surface area contributed by atoms with Gasteiger partial charge < -0.3 is 14.4 Å². The van der Waals surface area contributed by atoms with Crippen LogP contribution in [-0.4, -0.2) is 30.7 Å². The summed E-state index contributed by atoms with van der Waals surface area (Å²) in [5.74, 6) is 0.894.